The van der Waals surface area contributed by atoms with Crippen LogP contribution in [0.3, 0.4) is 0 Å². The predicted molar refractivity (Wildman–Crippen MR) is 105 cm³/mol. The summed E-state index contributed by atoms with van der Waals surface area (Å²) in [6.07, 6.45) is 3.74. The normalized spacial score (nSPS) is 13.4. The van der Waals surface area contributed by atoms with Crippen LogP contribution in [-0.4, -0.2) is 21.6 Å². The molecular weight excluding hydrogens is 346 g/mol. The highest BCUT2D eigenvalue weighted by atomic mass is 32.2. The lowest BCUT2D eigenvalue weighted by atomic mass is 9.97. The quantitative estimate of drug-likeness (QED) is 0.548. The molecule has 1 aliphatic carbocycles. The molecule has 1 amide bonds. The van der Waals surface area contributed by atoms with Crippen molar-refractivity contribution in [1.29, 1.82) is 0 Å². The molecule has 4 rings (SSSR count). The summed E-state index contributed by atoms with van der Waals surface area (Å²) in [5.74, 6) is 0.0806. The summed E-state index contributed by atoms with van der Waals surface area (Å²) in [6, 6.07) is 13.8. The lowest BCUT2D eigenvalue weighted by Crippen LogP contribution is -2.22. The van der Waals surface area contributed by atoms with Gasteiger partial charge in [-0.2, -0.15) is 0 Å². The number of hydrogen-bond acceptors (Lipinski definition) is 4. The van der Waals surface area contributed by atoms with Gasteiger partial charge in [-0.15, -0.1) is 0 Å². The van der Waals surface area contributed by atoms with Crippen LogP contribution in [0.5, 0.6) is 0 Å². The van der Waals surface area contributed by atoms with Gasteiger partial charge in [-0.1, -0.05) is 48.2 Å². The summed E-state index contributed by atoms with van der Waals surface area (Å²) >= 11 is 1.26. The van der Waals surface area contributed by atoms with Gasteiger partial charge in [0.2, 0.25) is 5.91 Å². The number of nitrogens with one attached hydrogen (secondary N) is 2. The number of hydrogen-bond donors (Lipinski definition) is 2. The van der Waals surface area contributed by atoms with Crippen molar-refractivity contribution in [2.45, 2.75) is 30.8 Å². The van der Waals surface area contributed by atoms with Gasteiger partial charge in [0, 0.05) is 16.6 Å². The number of H-pyrrole nitrogens is 1. The smallest absolute Gasteiger partial charge is 0.254 e. The summed E-state index contributed by atoms with van der Waals surface area (Å²) < 4.78 is 0. The van der Waals surface area contributed by atoms with Crippen molar-refractivity contribution in [2.75, 3.05) is 11.1 Å². The minimum Gasteiger partial charge on any atom is -0.325 e. The minimum atomic E-state index is -0.119. The Morgan fingerprint density at radius 2 is 1.92 bits per heavy atom. The Bertz CT molecular complexity index is 1020. The first-order valence-electron chi connectivity index (χ1n) is 8.73. The highest BCUT2D eigenvalue weighted by Crippen LogP contribution is 2.24. The van der Waals surface area contributed by atoms with Gasteiger partial charge in [-0.05, 0) is 37.1 Å². The van der Waals surface area contributed by atoms with Crippen LogP contribution in [-0.2, 0) is 17.6 Å². The largest absolute Gasteiger partial charge is 0.325 e. The van der Waals surface area contributed by atoms with E-state index in [0.717, 1.165) is 53.4 Å². The minimum absolute atomic E-state index is 0.0633. The van der Waals surface area contributed by atoms with Gasteiger partial charge in [-0.3, -0.25) is 9.59 Å². The molecule has 0 fully saturated rings. The van der Waals surface area contributed by atoms with E-state index < -0.39 is 0 Å². The number of aromatic amines is 1. The zero-order valence-electron chi connectivity index (χ0n) is 14.2. The van der Waals surface area contributed by atoms with E-state index in [4.69, 9.17) is 0 Å². The molecule has 2 N–H and O–H groups in total. The molecule has 6 heteroatoms. The summed E-state index contributed by atoms with van der Waals surface area (Å²) in [6.45, 7) is 0. The number of benzene rings is 2. The van der Waals surface area contributed by atoms with Crippen molar-refractivity contribution in [2.24, 2.45) is 0 Å². The van der Waals surface area contributed by atoms with E-state index in [-0.39, 0.29) is 17.2 Å². The zero-order chi connectivity index (χ0) is 17.9. The maximum Gasteiger partial charge on any atom is 0.254 e. The lowest BCUT2D eigenvalue weighted by Gasteiger charge is -2.14. The summed E-state index contributed by atoms with van der Waals surface area (Å²) in [5, 5.41) is 5.56. The van der Waals surface area contributed by atoms with E-state index in [1.807, 2.05) is 42.5 Å². The molecule has 0 spiro atoms. The fourth-order valence-corrected chi connectivity index (χ4v) is 3.98. The van der Waals surface area contributed by atoms with Crippen LogP contribution in [0.1, 0.15) is 24.1 Å². The Hall–Kier alpha value is -2.60. The summed E-state index contributed by atoms with van der Waals surface area (Å²) in [7, 11) is 0. The number of thioether (sulfide) groups is 1. The highest BCUT2D eigenvalue weighted by Gasteiger charge is 2.16. The van der Waals surface area contributed by atoms with Gasteiger partial charge < -0.3 is 10.3 Å². The van der Waals surface area contributed by atoms with Crippen LogP contribution in [0.4, 0.5) is 5.69 Å². The van der Waals surface area contributed by atoms with Gasteiger partial charge in [-0.25, -0.2) is 4.98 Å². The van der Waals surface area contributed by atoms with Crippen molar-refractivity contribution < 1.29 is 4.79 Å². The number of carbonyl (C=O) groups excluding carboxylic acids is 1. The molecule has 0 unspecified atom stereocenters. The number of aryl methyl sites for hydroxylation is 1. The van der Waals surface area contributed by atoms with Crippen LogP contribution in [0.2, 0.25) is 0 Å². The molecule has 0 saturated heterocycles. The molecule has 0 saturated carbocycles. The van der Waals surface area contributed by atoms with E-state index in [1.54, 1.807) is 0 Å². The maximum atomic E-state index is 12.4. The third-order valence-electron chi connectivity index (χ3n) is 4.57. The molecule has 0 radical (unpaired) electrons. The second kappa shape index (κ2) is 7.33. The first kappa shape index (κ1) is 16.8. The average Bonchev–Trinajstić information content (AvgIpc) is 2.67. The lowest BCUT2D eigenvalue weighted by molar-refractivity contribution is -0.113. The first-order chi connectivity index (χ1) is 12.7. The van der Waals surface area contributed by atoms with E-state index >= 15 is 0 Å². The molecule has 1 heterocycles. The molecule has 1 aliphatic rings. The number of fused-ring (bicyclic) bond motifs is 2. The van der Waals surface area contributed by atoms with Crippen LogP contribution in [0.25, 0.3) is 10.8 Å². The fraction of sp³-hybridized carbons (Fsp3) is 0.250. The number of amides is 1. The molecule has 1 aromatic heterocycles. The average molecular weight is 365 g/mol. The van der Waals surface area contributed by atoms with Crippen molar-refractivity contribution in [3.63, 3.8) is 0 Å². The summed E-state index contributed by atoms with van der Waals surface area (Å²) in [5.41, 5.74) is 2.42. The molecule has 2 aromatic carbocycles. The van der Waals surface area contributed by atoms with Crippen molar-refractivity contribution in [3.8, 4) is 0 Å². The van der Waals surface area contributed by atoms with Crippen LogP contribution >= 0.6 is 11.8 Å². The topological polar surface area (TPSA) is 74.8 Å². The monoisotopic (exact) mass is 365 g/mol. The van der Waals surface area contributed by atoms with E-state index in [1.165, 1.54) is 11.8 Å². The second-order valence-electron chi connectivity index (χ2n) is 6.37. The molecular formula is C20H19N3O2S. The molecule has 3 aromatic rings. The van der Waals surface area contributed by atoms with Gasteiger partial charge in [0.25, 0.3) is 5.56 Å². The maximum absolute atomic E-state index is 12.4. The second-order valence-corrected chi connectivity index (χ2v) is 7.33. The van der Waals surface area contributed by atoms with Crippen LogP contribution in [0.15, 0.2) is 52.4 Å². The Morgan fingerprint density at radius 1 is 1.12 bits per heavy atom. The Kier molecular flexibility index (Phi) is 4.75. The molecule has 132 valence electrons. The number of aromatic nitrogens is 2. The summed E-state index contributed by atoms with van der Waals surface area (Å²) in [4.78, 5) is 31.8. The molecule has 0 aliphatic heterocycles. The number of nitrogens with zero attached hydrogens (tertiary/aromatic N) is 1. The van der Waals surface area contributed by atoms with Crippen molar-refractivity contribution in [1.82, 2.24) is 9.97 Å². The predicted octanol–water partition coefficient (Wildman–Crippen LogP) is 3.53. The highest BCUT2D eigenvalue weighted by molar-refractivity contribution is 7.99. The third-order valence-corrected chi connectivity index (χ3v) is 5.45. The van der Waals surface area contributed by atoms with Crippen molar-refractivity contribution in [3.05, 3.63) is 64.1 Å². The number of rotatable bonds is 4. The SMILES string of the molecule is O=C(CSc1nc2c(c(=O)[nH]1)CCCC2)Nc1cccc2ccccc12. The van der Waals surface area contributed by atoms with Gasteiger partial charge in [0.15, 0.2) is 5.16 Å². The van der Waals surface area contributed by atoms with E-state index in [9.17, 15) is 9.59 Å². The van der Waals surface area contributed by atoms with Gasteiger partial charge in [0.1, 0.15) is 0 Å². The van der Waals surface area contributed by atoms with Crippen LogP contribution in [0, 0.1) is 0 Å². The van der Waals surface area contributed by atoms with Crippen LogP contribution < -0.4 is 10.9 Å². The van der Waals surface area contributed by atoms with E-state index in [2.05, 4.69) is 15.3 Å². The number of anilines is 1. The third kappa shape index (κ3) is 3.51. The molecule has 0 bridgehead atoms. The molecule has 5 nitrogen and oxygen atoms in total. The van der Waals surface area contributed by atoms with E-state index in [0.29, 0.717) is 5.16 Å². The molecule has 26 heavy (non-hydrogen) atoms. The Labute approximate surface area is 155 Å². The zero-order valence-corrected chi connectivity index (χ0v) is 15.1. The Morgan fingerprint density at radius 3 is 2.85 bits per heavy atom. The fourth-order valence-electron chi connectivity index (χ4n) is 3.30. The van der Waals surface area contributed by atoms with Gasteiger partial charge >= 0.3 is 0 Å². The molecule has 0 atom stereocenters. The number of carbonyl (C=O) groups is 1. The van der Waals surface area contributed by atoms with Crippen molar-refractivity contribution >= 4 is 34.1 Å². The first-order valence-corrected chi connectivity index (χ1v) is 9.72. The standard InChI is InChI=1S/C20H19N3O2S/c24-18(21-16-11-5-7-13-6-1-2-8-14(13)16)12-26-20-22-17-10-4-3-9-15(17)19(25)23-20/h1-2,5-8,11H,3-4,9-10,12H2,(H,21,24)(H,22,23,25). The van der Waals surface area contributed by atoms with Gasteiger partial charge in [0.05, 0.1) is 11.4 Å². The Balaban J connectivity index is 1.46.